The first-order chi connectivity index (χ1) is 9.72. The number of piperazine rings is 1. The number of nitrogens with zero attached hydrogens (tertiary/aromatic N) is 4. The van der Waals surface area contributed by atoms with Crippen LogP contribution in [0, 0.1) is 0 Å². The highest BCUT2D eigenvalue weighted by molar-refractivity contribution is 5.81. The predicted molar refractivity (Wildman–Crippen MR) is 77.5 cm³/mol. The fraction of sp³-hybridized carbons (Fsp3) is 0.538. The Kier molecular flexibility index (Phi) is 5.00. The molecule has 0 aromatic carbocycles. The van der Waals surface area contributed by atoms with Crippen molar-refractivity contribution in [3.8, 4) is 5.88 Å². The molecular weight excluding hydrogens is 258 g/mol. The van der Waals surface area contributed by atoms with Gasteiger partial charge in [-0.2, -0.15) is 4.98 Å². The molecule has 0 unspecified atom stereocenters. The van der Waals surface area contributed by atoms with Gasteiger partial charge in [0.1, 0.15) is 5.82 Å². The van der Waals surface area contributed by atoms with E-state index in [9.17, 15) is 0 Å². The minimum atomic E-state index is 0.245. The minimum Gasteiger partial charge on any atom is -0.478 e. The summed E-state index contributed by atoms with van der Waals surface area (Å²) in [5, 5.41) is 11.6. The minimum absolute atomic E-state index is 0.245. The normalized spacial score (nSPS) is 17.2. The van der Waals surface area contributed by atoms with Crippen LogP contribution in [0.2, 0.25) is 0 Å². The molecule has 1 aliphatic heterocycles. The van der Waals surface area contributed by atoms with Crippen molar-refractivity contribution in [1.82, 2.24) is 9.88 Å². The van der Waals surface area contributed by atoms with Crippen LogP contribution in [0.3, 0.4) is 0 Å². The quantitative estimate of drug-likeness (QED) is 0.350. The number of rotatable bonds is 5. The molecule has 2 rings (SSSR count). The summed E-state index contributed by atoms with van der Waals surface area (Å²) in [4.78, 5) is 8.85. The van der Waals surface area contributed by atoms with E-state index in [-0.39, 0.29) is 5.84 Å². The van der Waals surface area contributed by atoms with E-state index in [1.165, 1.54) is 0 Å². The molecule has 2 heterocycles. The largest absolute Gasteiger partial charge is 0.478 e. The standard InChI is InChI=1S/C13H21N5O2/c1-2-20-13-5-3-4-12(15-13)18-8-6-17(7-9-18)10-11(14)16-19/h3-5,19H,2,6-10H2,1H3,(H2,14,16). The van der Waals surface area contributed by atoms with Gasteiger partial charge in [-0.15, -0.1) is 0 Å². The van der Waals surface area contributed by atoms with E-state index in [1.807, 2.05) is 25.1 Å². The van der Waals surface area contributed by atoms with E-state index < -0.39 is 0 Å². The van der Waals surface area contributed by atoms with Crippen LogP contribution in [0.15, 0.2) is 23.4 Å². The van der Waals surface area contributed by atoms with Crippen molar-refractivity contribution in [1.29, 1.82) is 0 Å². The summed E-state index contributed by atoms with van der Waals surface area (Å²) >= 11 is 0. The molecule has 3 N–H and O–H groups in total. The van der Waals surface area contributed by atoms with Gasteiger partial charge in [-0.05, 0) is 13.0 Å². The second kappa shape index (κ2) is 6.95. The first kappa shape index (κ1) is 14.4. The van der Waals surface area contributed by atoms with Crippen molar-refractivity contribution in [3.63, 3.8) is 0 Å². The third-order valence-corrected chi connectivity index (χ3v) is 3.21. The van der Waals surface area contributed by atoms with Crippen molar-refractivity contribution >= 4 is 11.7 Å². The van der Waals surface area contributed by atoms with Crippen LogP contribution >= 0.6 is 0 Å². The Morgan fingerprint density at radius 3 is 2.80 bits per heavy atom. The maximum Gasteiger partial charge on any atom is 0.215 e. The van der Waals surface area contributed by atoms with Crippen LogP contribution in [0.1, 0.15) is 6.92 Å². The van der Waals surface area contributed by atoms with Crippen LogP contribution in [0.4, 0.5) is 5.82 Å². The fourth-order valence-corrected chi connectivity index (χ4v) is 2.20. The van der Waals surface area contributed by atoms with Crippen LogP contribution in [-0.2, 0) is 0 Å². The zero-order valence-electron chi connectivity index (χ0n) is 11.7. The molecular formula is C13H21N5O2. The van der Waals surface area contributed by atoms with Crippen molar-refractivity contribution in [2.45, 2.75) is 6.92 Å². The predicted octanol–water partition coefficient (Wildman–Crippen LogP) is 0.349. The summed E-state index contributed by atoms with van der Waals surface area (Å²) < 4.78 is 5.42. The Morgan fingerprint density at radius 1 is 1.40 bits per heavy atom. The number of nitrogens with two attached hydrogens (primary N) is 1. The average Bonchev–Trinajstić information content (AvgIpc) is 2.48. The lowest BCUT2D eigenvalue weighted by atomic mass is 10.3. The molecule has 7 heteroatoms. The van der Waals surface area contributed by atoms with E-state index in [0.717, 1.165) is 32.0 Å². The SMILES string of the molecule is CCOc1cccc(N2CCN(CC(N)=NO)CC2)n1. The van der Waals surface area contributed by atoms with Gasteiger partial charge >= 0.3 is 0 Å². The topological polar surface area (TPSA) is 87.2 Å². The summed E-state index contributed by atoms with van der Waals surface area (Å²) in [6.45, 7) is 6.50. The van der Waals surface area contributed by atoms with Gasteiger partial charge in [-0.3, -0.25) is 4.90 Å². The van der Waals surface area contributed by atoms with Gasteiger partial charge in [0, 0.05) is 32.2 Å². The smallest absolute Gasteiger partial charge is 0.215 e. The number of amidine groups is 1. The maximum atomic E-state index is 8.58. The Morgan fingerprint density at radius 2 is 2.15 bits per heavy atom. The Balaban J connectivity index is 1.91. The summed E-state index contributed by atoms with van der Waals surface area (Å²) in [5.41, 5.74) is 5.52. The second-order valence-corrected chi connectivity index (χ2v) is 4.62. The molecule has 0 saturated carbocycles. The number of pyridine rings is 1. The van der Waals surface area contributed by atoms with Gasteiger partial charge in [0.15, 0.2) is 5.84 Å². The van der Waals surface area contributed by atoms with Crippen molar-refractivity contribution in [2.24, 2.45) is 10.9 Å². The van der Waals surface area contributed by atoms with E-state index in [0.29, 0.717) is 19.0 Å². The lowest BCUT2D eigenvalue weighted by Crippen LogP contribution is -2.49. The molecule has 20 heavy (non-hydrogen) atoms. The van der Waals surface area contributed by atoms with Crippen molar-refractivity contribution in [2.75, 3.05) is 44.2 Å². The molecule has 1 saturated heterocycles. The zero-order chi connectivity index (χ0) is 14.4. The van der Waals surface area contributed by atoms with Gasteiger partial charge in [-0.1, -0.05) is 11.2 Å². The summed E-state index contributed by atoms with van der Waals surface area (Å²) in [5.74, 6) is 1.83. The molecule has 110 valence electrons. The highest BCUT2D eigenvalue weighted by atomic mass is 16.5. The summed E-state index contributed by atoms with van der Waals surface area (Å²) in [7, 11) is 0. The lowest BCUT2D eigenvalue weighted by molar-refractivity contribution is 0.277. The molecule has 1 fully saturated rings. The average molecular weight is 279 g/mol. The number of hydrogen-bond donors (Lipinski definition) is 2. The molecule has 1 aliphatic rings. The third-order valence-electron chi connectivity index (χ3n) is 3.21. The first-order valence-corrected chi connectivity index (χ1v) is 6.76. The Bertz CT molecular complexity index is 458. The monoisotopic (exact) mass is 279 g/mol. The van der Waals surface area contributed by atoms with Crippen molar-refractivity contribution in [3.05, 3.63) is 18.2 Å². The molecule has 0 amide bonds. The maximum absolute atomic E-state index is 8.58. The fourth-order valence-electron chi connectivity index (χ4n) is 2.20. The molecule has 0 spiro atoms. The number of ether oxygens (including phenoxy) is 1. The number of oxime groups is 1. The molecule has 1 aromatic heterocycles. The second-order valence-electron chi connectivity index (χ2n) is 4.62. The Labute approximate surface area is 118 Å². The number of anilines is 1. The van der Waals surface area contributed by atoms with Crippen molar-refractivity contribution < 1.29 is 9.94 Å². The zero-order valence-corrected chi connectivity index (χ0v) is 11.7. The molecule has 0 atom stereocenters. The third kappa shape index (κ3) is 3.74. The molecule has 0 bridgehead atoms. The Hall–Kier alpha value is -2.02. The van der Waals surface area contributed by atoms with Gasteiger partial charge < -0.3 is 20.6 Å². The lowest BCUT2D eigenvalue weighted by Gasteiger charge is -2.35. The van der Waals surface area contributed by atoms with Gasteiger partial charge in [0.2, 0.25) is 5.88 Å². The van der Waals surface area contributed by atoms with Crippen LogP contribution in [0.5, 0.6) is 5.88 Å². The molecule has 0 radical (unpaired) electrons. The van der Waals surface area contributed by atoms with E-state index in [1.54, 1.807) is 0 Å². The summed E-state index contributed by atoms with van der Waals surface area (Å²) in [6, 6.07) is 5.81. The van der Waals surface area contributed by atoms with Gasteiger partial charge in [0.25, 0.3) is 0 Å². The first-order valence-electron chi connectivity index (χ1n) is 6.76. The van der Waals surface area contributed by atoms with E-state index in [2.05, 4.69) is 19.9 Å². The molecule has 0 aliphatic carbocycles. The summed E-state index contributed by atoms with van der Waals surface area (Å²) in [6.07, 6.45) is 0. The highest BCUT2D eigenvalue weighted by Crippen LogP contribution is 2.17. The van der Waals surface area contributed by atoms with Gasteiger partial charge in [-0.25, -0.2) is 0 Å². The van der Waals surface area contributed by atoms with Crippen LogP contribution in [-0.4, -0.2) is 60.3 Å². The molecule has 1 aromatic rings. The van der Waals surface area contributed by atoms with E-state index >= 15 is 0 Å². The van der Waals surface area contributed by atoms with E-state index in [4.69, 9.17) is 15.7 Å². The molecule has 7 nitrogen and oxygen atoms in total. The number of aromatic nitrogens is 1. The van der Waals surface area contributed by atoms with Gasteiger partial charge in [0.05, 0.1) is 13.2 Å². The van der Waals surface area contributed by atoms with Crippen LogP contribution in [0.25, 0.3) is 0 Å². The highest BCUT2D eigenvalue weighted by Gasteiger charge is 2.18. The number of hydrogen-bond acceptors (Lipinski definition) is 6. The van der Waals surface area contributed by atoms with Crippen LogP contribution < -0.4 is 15.4 Å².